The van der Waals surface area contributed by atoms with Crippen molar-refractivity contribution in [1.82, 2.24) is 0 Å². The highest BCUT2D eigenvalue weighted by molar-refractivity contribution is 6.06. The number of hydrogen-bond donors (Lipinski definition) is 3. The van der Waals surface area contributed by atoms with Crippen molar-refractivity contribution in [1.29, 1.82) is 0 Å². The fourth-order valence-electron chi connectivity index (χ4n) is 8.05. The molecule has 0 aromatic heterocycles. The first kappa shape index (κ1) is 23.4. The lowest BCUT2D eigenvalue weighted by Crippen LogP contribution is -2.75. The molecule has 3 N–H and O–H groups in total. The Labute approximate surface area is 188 Å². The van der Waals surface area contributed by atoms with Crippen molar-refractivity contribution in [3.8, 4) is 0 Å². The third-order valence-electron chi connectivity index (χ3n) is 9.24. The average Bonchev–Trinajstić information content (AvgIpc) is 2.75. The summed E-state index contributed by atoms with van der Waals surface area (Å²) in [6.07, 6.45) is -3.24. The number of rotatable bonds is 2. The van der Waals surface area contributed by atoms with E-state index in [2.05, 4.69) is 20.4 Å². The van der Waals surface area contributed by atoms with Crippen molar-refractivity contribution >= 4 is 17.7 Å². The fourth-order valence-corrected chi connectivity index (χ4v) is 8.05. The minimum Gasteiger partial charge on any atom is -0.462 e. The maximum atomic E-state index is 13.7. The largest absolute Gasteiger partial charge is 0.462 e. The van der Waals surface area contributed by atoms with Gasteiger partial charge in [0.15, 0.2) is 5.78 Å². The first-order chi connectivity index (χ1) is 14.6. The summed E-state index contributed by atoms with van der Waals surface area (Å²) in [7, 11) is 0. The molecule has 0 aliphatic heterocycles. The number of carbonyl (C=O) groups excluding carboxylic acids is 3. The van der Waals surface area contributed by atoms with Gasteiger partial charge in [-0.25, -0.2) is 0 Å². The Bertz CT molecular complexity index is 894. The molecule has 0 saturated heterocycles. The van der Waals surface area contributed by atoms with Crippen LogP contribution in [-0.2, 0) is 23.9 Å². The van der Waals surface area contributed by atoms with Crippen LogP contribution in [0.3, 0.4) is 0 Å². The Morgan fingerprint density at radius 3 is 2.25 bits per heavy atom. The Morgan fingerprint density at radius 1 is 1.09 bits per heavy atom. The van der Waals surface area contributed by atoms with Crippen molar-refractivity contribution in [3.63, 3.8) is 0 Å². The number of aliphatic hydroxyl groups is 3. The maximum Gasteiger partial charge on any atom is 0.302 e. The first-order valence-electron chi connectivity index (χ1n) is 11.3. The second kappa shape index (κ2) is 6.87. The van der Waals surface area contributed by atoms with Gasteiger partial charge >= 0.3 is 11.9 Å². The lowest BCUT2D eigenvalue weighted by atomic mass is 9.38. The second-order valence-electron chi connectivity index (χ2n) is 11.2. The predicted molar refractivity (Wildman–Crippen MR) is 112 cm³/mol. The van der Waals surface area contributed by atoms with Gasteiger partial charge < -0.3 is 24.8 Å². The molecule has 0 aromatic rings. The van der Waals surface area contributed by atoms with Crippen molar-refractivity contribution in [2.24, 2.45) is 28.1 Å². The van der Waals surface area contributed by atoms with Crippen LogP contribution in [0, 0.1) is 28.1 Å². The van der Waals surface area contributed by atoms with E-state index in [4.69, 9.17) is 9.47 Å². The first-order valence-corrected chi connectivity index (χ1v) is 11.3. The highest BCUT2D eigenvalue weighted by atomic mass is 16.6. The summed E-state index contributed by atoms with van der Waals surface area (Å²) in [5, 5.41) is 34.2. The molecule has 0 amide bonds. The second-order valence-corrected chi connectivity index (χ2v) is 11.2. The smallest absolute Gasteiger partial charge is 0.302 e. The van der Waals surface area contributed by atoms with E-state index in [0.717, 1.165) is 6.42 Å². The third-order valence-corrected chi connectivity index (χ3v) is 9.24. The molecular weight excluding hydrogens is 416 g/mol. The third kappa shape index (κ3) is 2.63. The van der Waals surface area contributed by atoms with Gasteiger partial charge in [-0.05, 0) is 30.6 Å². The van der Waals surface area contributed by atoms with Crippen LogP contribution in [0.2, 0.25) is 0 Å². The molecule has 8 heteroatoms. The lowest BCUT2D eigenvalue weighted by molar-refractivity contribution is -0.294. The minimum atomic E-state index is -2.00. The minimum absolute atomic E-state index is 0.176. The summed E-state index contributed by atoms with van der Waals surface area (Å²) in [4.78, 5) is 37.8. The molecule has 1 spiro atoms. The zero-order valence-electron chi connectivity index (χ0n) is 19.4. The molecule has 32 heavy (non-hydrogen) atoms. The fraction of sp³-hybridized carbons (Fsp3) is 0.792. The molecule has 178 valence electrons. The molecule has 4 aliphatic carbocycles. The van der Waals surface area contributed by atoms with Gasteiger partial charge in [-0.1, -0.05) is 27.4 Å². The number of ether oxygens (including phenoxy) is 2. The average molecular weight is 451 g/mol. The summed E-state index contributed by atoms with van der Waals surface area (Å²) < 4.78 is 11.5. The lowest BCUT2D eigenvalue weighted by Gasteiger charge is -2.67. The molecule has 9 atom stereocenters. The van der Waals surface area contributed by atoms with E-state index in [1.165, 1.54) is 13.8 Å². The van der Waals surface area contributed by atoms with E-state index >= 15 is 0 Å². The number of hydrogen-bond acceptors (Lipinski definition) is 8. The Hall–Kier alpha value is -1.77. The summed E-state index contributed by atoms with van der Waals surface area (Å²) in [5.74, 6) is -2.74. The molecule has 2 bridgehead atoms. The van der Waals surface area contributed by atoms with Crippen LogP contribution in [-0.4, -0.2) is 63.1 Å². The highest BCUT2D eigenvalue weighted by Gasteiger charge is 2.81. The molecule has 0 heterocycles. The van der Waals surface area contributed by atoms with E-state index in [0.29, 0.717) is 6.42 Å². The van der Waals surface area contributed by atoms with E-state index in [1.807, 2.05) is 6.92 Å². The number of aliphatic hydroxyl groups excluding tert-OH is 2. The van der Waals surface area contributed by atoms with E-state index < -0.39 is 64.5 Å². The van der Waals surface area contributed by atoms with E-state index in [1.54, 1.807) is 0 Å². The quantitative estimate of drug-likeness (QED) is 0.424. The van der Waals surface area contributed by atoms with E-state index in [-0.39, 0.29) is 29.7 Å². The highest BCUT2D eigenvalue weighted by Crippen LogP contribution is 2.72. The summed E-state index contributed by atoms with van der Waals surface area (Å²) in [6, 6.07) is 0. The van der Waals surface area contributed by atoms with Crippen LogP contribution in [0.4, 0.5) is 0 Å². The molecular formula is C24H34O8. The molecule has 8 nitrogen and oxygen atoms in total. The van der Waals surface area contributed by atoms with Crippen LogP contribution < -0.4 is 0 Å². The Balaban J connectivity index is 2.00. The molecule has 0 aromatic carbocycles. The van der Waals surface area contributed by atoms with Crippen molar-refractivity contribution in [3.05, 3.63) is 12.2 Å². The number of carbonyl (C=O) groups is 3. The molecule has 4 fully saturated rings. The van der Waals surface area contributed by atoms with Gasteiger partial charge in [0, 0.05) is 37.2 Å². The number of fused-ring (bicyclic) bond motifs is 3. The molecule has 4 aliphatic rings. The van der Waals surface area contributed by atoms with Crippen LogP contribution >= 0.6 is 0 Å². The standard InChI is InChI=1S/C24H34O8/c1-11-19(28)24-16(27)9-15-21(4,5)8-7-17(32-13(3)26)22(15,6)18(24)14(31-12(2)25)10-23(11,30)20(24)29/h14-18,20,27,29-30H,1,7-10H2,2-6H3/t14-,15+,16+,17+,18+,20+,22-,23+,24-/m0/s1. The van der Waals surface area contributed by atoms with Gasteiger partial charge in [0.25, 0.3) is 0 Å². The van der Waals surface area contributed by atoms with Gasteiger partial charge in [-0.2, -0.15) is 0 Å². The van der Waals surface area contributed by atoms with Crippen LogP contribution in [0.1, 0.15) is 60.3 Å². The Kier molecular flexibility index (Phi) is 5.02. The maximum absolute atomic E-state index is 13.7. The Morgan fingerprint density at radius 2 is 1.69 bits per heavy atom. The van der Waals surface area contributed by atoms with Gasteiger partial charge in [0.1, 0.15) is 23.9 Å². The van der Waals surface area contributed by atoms with Crippen molar-refractivity contribution < 1.29 is 39.2 Å². The SMILES string of the molecule is C=C1C(=O)[C@]23[C@H](O)C[C@@H]4C(C)(C)CC[C@@H](OC(C)=O)[C@@]4(C)[C@H]2[C@@H](OC(C)=O)C[C@]1(O)[C@H]3O. The van der Waals surface area contributed by atoms with Crippen LogP contribution in [0.15, 0.2) is 12.2 Å². The molecule has 4 rings (SSSR count). The predicted octanol–water partition coefficient (Wildman–Crippen LogP) is 1.29. The van der Waals surface area contributed by atoms with Gasteiger partial charge in [-0.3, -0.25) is 14.4 Å². The zero-order valence-corrected chi connectivity index (χ0v) is 19.4. The summed E-state index contributed by atoms with van der Waals surface area (Å²) in [5.41, 5.74) is -5.16. The molecule has 0 unspecified atom stereocenters. The zero-order chi connectivity index (χ0) is 24.0. The van der Waals surface area contributed by atoms with Gasteiger partial charge in [0.05, 0.1) is 11.5 Å². The van der Waals surface area contributed by atoms with E-state index in [9.17, 15) is 29.7 Å². The van der Waals surface area contributed by atoms with Crippen molar-refractivity contribution in [2.75, 3.05) is 0 Å². The molecule has 0 radical (unpaired) electrons. The topological polar surface area (TPSA) is 130 Å². The normalized spacial score (nSPS) is 49.1. The monoisotopic (exact) mass is 450 g/mol. The number of ketones is 1. The van der Waals surface area contributed by atoms with Gasteiger partial charge in [0.2, 0.25) is 0 Å². The molecule has 4 saturated carbocycles. The summed E-state index contributed by atoms with van der Waals surface area (Å²) in [6.45, 7) is 12.4. The summed E-state index contributed by atoms with van der Waals surface area (Å²) >= 11 is 0. The van der Waals surface area contributed by atoms with Crippen molar-refractivity contribution in [2.45, 2.75) is 90.3 Å². The number of Topliss-reactive ketones (excluding diaryl/α,β-unsaturated/α-hetero) is 1. The number of esters is 2. The van der Waals surface area contributed by atoms with Gasteiger partial charge in [-0.15, -0.1) is 0 Å². The van der Waals surface area contributed by atoms with Crippen LogP contribution in [0.5, 0.6) is 0 Å². The van der Waals surface area contributed by atoms with Crippen LogP contribution in [0.25, 0.3) is 0 Å².